The van der Waals surface area contributed by atoms with Gasteiger partial charge in [0, 0.05) is 24.3 Å². The topological polar surface area (TPSA) is 63.2 Å². The van der Waals surface area contributed by atoms with Gasteiger partial charge in [-0.3, -0.25) is 4.79 Å². The van der Waals surface area contributed by atoms with Gasteiger partial charge in [0.15, 0.2) is 15.6 Å². The lowest BCUT2D eigenvalue weighted by molar-refractivity contribution is 0.0988. The zero-order chi connectivity index (χ0) is 14.6. The smallest absolute Gasteiger partial charge is 0.163 e. The number of nitrogens with one attached hydrogen (secondary N) is 1. The third kappa shape index (κ3) is 3.90. The number of carbonyl (C=O) groups is 1. The first-order valence-corrected chi connectivity index (χ1v) is 8.90. The highest BCUT2D eigenvalue weighted by atomic mass is 32.2. The van der Waals surface area contributed by atoms with Crippen molar-refractivity contribution in [1.82, 2.24) is 5.32 Å². The van der Waals surface area contributed by atoms with Crippen LogP contribution in [0, 0.1) is 0 Å². The van der Waals surface area contributed by atoms with Gasteiger partial charge in [-0.15, -0.1) is 0 Å². The summed E-state index contributed by atoms with van der Waals surface area (Å²) in [6, 6.07) is 5.71. The average Bonchev–Trinajstić information content (AvgIpc) is 2.44. The maximum atomic E-state index is 12.1. The quantitative estimate of drug-likeness (QED) is 0.812. The van der Waals surface area contributed by atoms with Gasteiger partial charge in [0.25, 0.3) is 0 Å². The van der Waals surface area contributed by atoms with Crippen LogP contribution in [-0.2, 0) is 22.8 Å². The van der Waals surface area contributed by atoms with Crippen LogP contribution in [0.15, 0.2) is 18.2 Å². The number of fused-ring (bicyclic) bond motifs is 1. The third-order valence-electron chi connectivity index (χ3n) is 3.57. The summed E-state index contributed by atoms with van der Waals surface area (Å²) in [4.78, 5) is 12.1. The molecule has 1 aromatic rings. The maximum Gasteiger partial charge on any atom is 0.163 e. The highest BCUT2D eigenvalue weighted by Crippen LogP contribution is 2.17. The number of carbonyl (C=O) groups excluding carboxylic acids is 1. The Labute approximate surface area is 120 Å². The molecule has 0 amide bonds. The molecule has 0 aliphatic carbocycles. The van der Waals surface area contributed by atoms with Crippen LogP contribution in [0.25, 0.3) is 0 Å². The molecule has 0 unspecified atom stereocenters. The molecule has 1 heterocycles. The number of sulfone groups is 1. The van der Waals surface area contributed by atoms with Crippen molar-refractivity contribution in [2.75, 3.05) is 18.1 Å². The number of Topliss-reactive ketones (excluding diaryl/α,β-unsaturated/α-hetero) is 1. The van der Waals surface area contributed by atoms with E-state index < -0.39 is 9.84 Å². The van der Waals surface area contributed by atoms with Crippen LogP contribution in [0.3, 0.4) is 0 Å². The van der Waals surface area contributed by atoms with Gasteiger partial charge in [-0.05, 0) is 36.6 Å². The molecule has 1 aliphatic heterocycles. The number of rotatable bonds is 6. The summed E-state index contributed by atoms with van der Waals surface area (Å²) in [6.45, 7) is 3.58. The van der Waals surface area contributed by atoms with Gasteiger partial charge in [0.1, 0.15) is 0 Å². The predicted molar refractivity (Wildman–Crippen MR) is 79.7 cm³/mol. The van der Waals surface area contributed by atoms with Crippen molar-refractivity contribution >= 4 is 15.6 Å². The van der Waals surface area contributed by atoms with E-state index in [9.17, 15) is 13.2 Å². The SMILES string of the molecule is CCCS(=O)(=O)CCC(=O)c1ccc2c(c1)CNCC2. The minimum atomic E-state index is -3.09. The van der Waals surface area contributed by atoms with E-state index in [2.05, 4.69) is 5.32 Å². The Morgan fingerprint density at radius 1 is 1.25 bits per heavy atom. The lowest BCUT2D eigenvalue weighted by atomic mass is 9.96. The van der Waals surface area contributed by atoms with Gasteiger partial charge in [-0.2, -0.15) is 0 Å². The highest BCUT2D eigenvalue weighted by molar-refractivity contribution is 7.91. The summed E-state index contributed by atoms with van der Waals surface area (Å²) >= 11 is 0. The zero-order valence-electron chi connectivity index (χ0n) is 11.8. The number of hydrogen-bond donors (Lipinski definition) is 1. The van der Waals surface area contributed by atoms with Crippen LogP contribution in [0.2, 0.25) is 0 Å². The molecule has 0 fully saturated rings. The Morgan fingerprint density at radius 3 is 2.80 bits per heavy atom. The van der Waals surface area contributed by atoms with Crippen molar-refractivity contribution in [2.24, 2.45) is 0 Å². The largest absolute Gasteiger partial charge is 0.312 e. The molecule has 1 N–H and O–H groups in total. The van der Waals surface area contributed by atoms with E-state index in [1.807, 2.05) is 25.1 Å². The summed E-state index contributed by atoms with van der Waals surface area (Å²) in [7, 11) is -3.09. The zero-order valence-corrected chi connectivity index (χ0v) is 12.6. The molecule has 0 saturated heterocycles. The molecule has 0 spiro atoms. The highest BCUT2D eigenvalue weighted by Gasteiger charge is 2.16. The molecule has 1 aliphatic rings. The van der Waals surface area contributed by atoms with Crippen molar-refractivity contribution < 1.29 is 13.2 Å². The summed E-state index contributed by atoms with van der Waals surface area (Å²) in [5, 5.41) is 3.27. The molecule has 1 aromatic carbocycles. The molecule has 0 atom stereocenters. The summed E-state index contributed by atoms with van der Waals surface area (Å²) in [5.74, 6) is 0.0293. The Kier molecular flexibility index (Phi) is 4.94. The fraction of sp³-hybridized carbons (Fsp3) is 0.533. The van der Waals surface area contributed by atoms with Gasteiger partial charge in [0.05, 0.1) is 5.75 Å². The molecule has 0 bridgehead atoms. The lowest BCUT2D eigenvalue weighted by Gasteiger charge is -2.17. The first-order valence-electron chi connectivity index (χ1n) is 7.08. The standard InChI is InChI=1S/C15H21NO3S/c1-2-8-20(18,19)9-6-15(17)13-4-3-12-5-7-16-11-14(12)10-13/h3-4,10,16H,2,5-9,11H2,1H3. The Hall–Kier alpha value is -1.20. The van der Waals surface area contributed by atoms with Crippen molar-refractivity contribution in [1.29, 1.82) is 0 Å². The summed E-state index contributed by atoms with van der Waals surface area (Å²) in [5.41, 5.74) is 3.05. The van der Waals surface area contributed by atoms with Gasteiger partial charge in [-0.25, -0.2) is 8.42 Å². The summed E-state index contributed by atoms with van der Waals surface area (Å²) in [6.07, 6.45) is 1.66. The van der Waals surface area contributed by atoms with Crippen LogP contribution in [0.4, 0.5) is 0 Å². The minimum absolute atomic E-state index is 0.0466. The Bertz CT molecular complexity index is 593. The van der Waals surface area contributed by atoms with E-state index in [1.165, 1.54) is 5.56 Å². The second-order valence-electron chi connectivity index (χ2n) is 5.24. The van der Waals surface area contributed by atoms with Crippen molar-refractivity contribution in [3.8, 4) is 0 Å². The third-order valence-corrected chi connectivity index (χ3v) is 5.43. The molecule has 0 radical (unpaired) electrons. The number of benzene rings is 1. The molecular weight excluding hydrogens is 274 g/mol. The molecule has 2 rings (SSSR count). The fourth-order valence-corrected chi connectivity index (χ4v) is 3.78. The Morgan fingerprint density at radius 2 is 2.05 bits per heavy atom. The first-order chi connectivity index (χ1) is 9.52. The van der Waals surface area contributed by atoms with Crippen molar-refractivity contribution in [2.45, 2.75) is 32.7 Å². The summed E-state index contributed by atoms with van der Waals surface area (Å²) < 4.78 is 23.3. The minimum Gasteiger partial charge on any atom is -0.312 e. The van der Waals surface area contributed by atoms with Gasteiger partial charge in [-0.1, -0.05) is 19.1 Å². The molecular formula is C15H21NO3S. The first kappa shape index (κ1) is 15.2. The average molecular weight is 295 g/mol. The molecule has 5 heteroatoms. The van der Waals surface area contributed by atoms with E-state index in [0.717, 1.165) is 25.1 Å². The van der Waals surface area contributed by atoms with Crippen LogP contribution in [-0.4, -0.2) is 32.3 Å². The van der Waals surface area contributed by atoms with Crippen LogP contribution in [0.5, 0.6) is 0 Å². The molecule has 0 aromatic heterocycles. The van der Waals surface area contributed by atoms with Gasteiger partial charge in [0.2, 0.25) is 0 Å². The lowest BCUT2D eigenvalue weighted by Crippen LogP contribution is -2.24. The fourth-order valence-electron chi connectivity index (χ4n) is 2.46. The van der Waals surface area contributed by atoms with Crippen LogP contribution in [0.1, 0.15) is 41.3 Å². The van der Waals surface area contributed by atoms with E-state index >= 15 is 0 Å². The molecule has 0 saturated carbocycles. The molecule has 4 nitrogen and oxygen atoms in total. The van der Waals surface area contributed by atoms with E-state index in [4.69, 9.17) is 0 Å². The monoisotopic (exact) mass is 295 g/mol. The van der Waals surface area contributed by atoms with Crippen LogP contribution < -0.4 is 5.32 Å². The maximum absolute atomic E-state index is 12.1. The van der Waals surface area contributed by atoms with E-state index in [1.54, 1.807) is 0 Å². The second-order valence-corrected chi connectivity index (χ2v) is 7.54. The normalized spacial score (nSPS) is 14.8. The van der Waals surface area contributed by atoms with Crippen molar-refractivity contribution in [3.05, 3.63) is 34.9 Å². The number of ketones is 1. The van der Waals surface area contributed by atoms with E-state index in [-0.39, 0.29) is 23.7 Å². The van der Waals surface area contributed by atoms with Crippen LogP contribution >= 0.6 is 0 Å². The predicted octanol–water partition coefficient (Wildman–Crippen LogP) is 1.73. The van der Waals surface area contributed by atoms with E-state index in [0.29, 0.717) is 12.0 Å². The van der Waals surface area contributed by atoms with Crippen molar-refractivity contribution in [3.63, 3.8) is 0 Å². The molecule has 20 heavy (non-hydrogen) atoms. The number of hydrogen-bond acceptors (Lipinski definition) is 4. The molecule has 110 valence electrons. The van der Waals surface area contributed by atoms with Gasteiger partial charge >= 0.3 is 0 Å². The second kappa shape index (κ2) is 6.50. The Balaban J connectivity index is 2.03. The van der Waals surface area contributed by atoms with Gasteiger partial charge < -0.3 is 5.32 Å².